The first-order chi connectivity index (χ1) is 16.2. The van der Waals surface area contributed by atoms with Crippen molar-refractivity contribution >= 4 is 26.3 Å². The van der Waals surface area contributed by atoms with E-state index in [4.69, 9.17) is 9.72 Å². The fourth-order valence-electron chi connectivity index (χ4n) is 3.95. The lowest BCUT2D eigenvalue weighted by Gasteiger charge is -2.31. The lowest BCUT2D eigenvalue weighted by atomic mass is 10.1. The van der Waals surface area contributed by atoms with Gasteiger partial charge in [0.15, 0.2) is 15.0 Å². The van der Waals surface area contributed by atoms with Crippen LogP contribution in [0.25, 0.3) is 0 Å². The maximum absolute atomic E-state index is 13.0. The van der Waals surface area contributed by atoms with E-state index in [1.54, 1.807) is 7.11 Å². The summed E-state index contributed by atoms with van der Waals surface area (Å²) in [6.45, 7) is 1.06. The number of nitrogens with zero attached hydrogens (tertiary/aromatic N) is 2. The maximum atomic E-state index is 13.0. The van der Waals surface area contributed by atoms with Gasteiger partial charge in [0.05, 0.1) is 22.9 Å². The number of sulfone groups is 1. The van der Waals surface area contributed by atoms with Crippen molar-refractivity contribution in [3.05, 3.63) is 65.2 Å². The smallest absolute Gasteiger partial charge is 0.496 e. The lowest BCUT2D eigenvalue weighted by molar-refractivity contribution is -0.274. The molecule has 1 aliphatic rings. The number of thiazole rings is 1. The third-order valence-electron chi connectivity index (χ3n) is 5.64. The van der Waals surface area contributed by atoms with E-state index >= 15 is 0 Å². The Labute approximate surface area is 199 Å². The number of ether oxygens (including phenoxy) is 2. The molecule has 6 nitrogen and oxygen atoms in total. The molecule has 34 heavy (non-hydrogen) atoms. The van der Waals surface area contributed by atoms with E-state index in [1.165, 1.54) is 11.3 Å². The van der Waals surface area contributed by atoms with Crippen molar-refractivity contribution in [3.63, 3.8) is 0 Å². The van der Waals surface area contributed by atoms with Crippen LogP contribution in [0.2, 0.25) is 0 Å². The van der Waals surface area contributed by atoms with E-state index in [0.717, 1.165) is 46.4 Å². The summed E-state index contributed by atoms with van der Waals surface area (Å²) in [5.74, 6) is 0.357. The fraction of sp³-hybridized carbons (Fsp3) is 0.348. The van der Waals surface area contributed by atoms with E-state index in [-0.39, 0.29) is 4.90 Å². The van der Waals surface area contributed by atoms with Gasteiger partial charge in [0.2, 0.25) is 0 Å². The monoisotopic (exact) mass is 512 g/mol. The van der Waals surface area contributed by atoms with Crippen molar-refractivity contribution in [3.8, 4) is 11.5 Å². The Hall–Kier alpha value is -2.79. The van der Waals surface area contributed by atoms with Crippen LogP contribution in [-0.2, 0) is 16.3 Å². The van der Waals surface area contributed by atoms with Gasteiger partial charge in [-0.25, -0.2) is 13.4 Å². The highest BCUT2D eigenvalue weighted by atomic mass is 32.2. The molecule has 2 heterocycles. The Balaban J connectivity index is 1.37. The van der Waals surface area contributed by atoms with Crippen LogP contribution in [-0.4, -0.2) is 45.2 Å². The van der Waals surface area contributed by atoms with E-state index < -0.39 is 27.2 Å². The molecule has 0 unspecified atom stereocenters. The first kappa shape index (κ1) is 24.3. The molecule has 1 fully saturated rings. The zero-order valence-electron chi connectivity index (χ0n) is 18.3. The van der Waals surface area contributed by atoms with Crippen LogP contribution in [0.15, 0.2) is 58.8 Å². The molecule has 0 amide bonds. The number of benzene rings is 2. The minimum absolute atomic E-state index is 0.00572. The van der Waals surface area contributed by atoms with E-state index in [9.17, 15) is 21.6 Å². The summed E-state index contributed by atoms with van der Waals surface area (Å²) in [6, 6.07) is 12.1. The van der Waals surface area contributed by atoms with Crippen LogP contribution in [0, 0.1) is 0 Å². The topological polar surface area (TPSA) is 68.7 Å². The molecule has 0 saturated carbocycles. The van der Waals surface area contributed by atoms with Crippen molar-refractivity contribution in [2.45, 2.75) is 35.8 Å². The Morgan fingerprint density at radius 3 is 2.41 bits per heavy atom. The predicted molar refractivity (Wildman–Crippen MR) is 123 cm³/mol. The SMILES string of the molecule is COc1ccccc1Cc1csc(N2CCC(S(=O)(=O)c3ccc(OC(F)(F)F)cc3)CC2)n1. The van der Waals surface area contributed by atoms with Crippen molar-refractivity contribution in [2.24, 2.45) is 0 Å². The van der Waals surface area contributed by atoms with Gasteiger partial charge in [-0.3, -0.25) is 0 Å². The Bertz CT molecular complexity index is 1220. The van der Waals surface area contributed by atoms with Gasteiger partial charge in [0, 0.05) is 30.5 Å². The Morgan fingerprint density at radius 1 is 1.09 bits per heavy atom. The van der Waals surface area contributed by atoms with Crippen LogP contribution in [0.5, 0.6) is 11.5 Å². The number of rotatable bonds is 7. The second-order valence-electron chi connectivity index (χ2n) is 7.86. The second-order valence-corrected chi connectivity index (χ2v) is 10.9. The van der Waals surface area contributed by atoms with Gasteiger partial charge in [0.25, 0.3) is 0 Å². The molecule has 182 valence electrons. The summed E-state index contributed by atoms with van der Waals surface area (Å²) in [4.78, 5) is 6.79. The highest BCUT2D eigenvalue weighted by molar-refractivity contribution is 7.92. The number of halogens is 3. The molecule has 1 aliphatic heterocycles. The average molecular weight is 513 g/mol. The van der Waals surface area contributed by atoms with Crippen molar-refractivity contribution < 1.29 is 31.1 Å². The highest BCUT2D eigenvalue weighted by Gasteiger charge is 2.33. The number of piperidine rings is 1. The van der Waals surface area contributed by atoms with Gasteiger partial charge in [-0.1, -0.05) is 18.2 Å². The quantitative estimate of drug-likeness (QED) is 0.440. The van der Waals surface area contributed by atoms with Crippen molar-refractivity contribution in [1.29, 1.82) is 0 Å². The van der Waals surface area contributed by atoms with Gasteiger partial charge >= 0.3 is 6.36 Å². The van der Waals surface area contributed by atoms with Crippen molar-refractivity contribution in [1.82, 2.24) is 4.98 Å². The molecule has 0 radical (unpaired) electrons. The zero-order chi connectivity index (χ0) is 24.3. The summed E-state index contributed by atoms with van der Waals surface area (Å²) in [7, 11) is -2.03. The number of aromatic nitrogens is 1. The molecule has 4 rings (SSSR count). The molecule has 0 bridgehead atoms. The summed E-state index contributed by atoms with van der Waals surface area (Å²) < 4.78 is 72.2. The summed E-state index contributed by atoms with van der Waals surface area (Å²) in [5, 5.41) is 2.23. The highest BCUT2D eigenvalue weighted by Crippen LogP contribution is 2.31. The van der Waals surface area contributed by atoms with E-state index in [2.05, 4.69) is 9.64 Å². The minimum Gasteiger partial charge on any atom is -0.496 e. The second kappa shape index (κ2) is 9.83. The summed E-state index contributed by atoms with van der Waals surface area (Å²) in [5.41, 5.74) is 1.96. The number of alkyl halides is 3. The van der Waals surface area contributed by atoms with Crippen LogP contribution in [0.4, 0.5) is 18.3 Å². The largest absolute Gasteiger partial charge is 0.573 e. The molecule has 2 aromatic carbocycles. The number of anilines is 1. The molecule has 1 saturated heterocycles. The molecule has 1 aromatic heterocycles. The minimum atomic E-state index is -4.82. The van der Waals surface area contributed by atoms with Crippen LogP contribution in [0.3, 0.4) is 0 Å². The number of hydrogen-bond donors (Lipinski definition) is 0. The summed E-state index contributed by atoms with van der Waals surface area (Å²) >= 11 is 1.52. The molecular weight excluding hydrogens is 489 g/mol. The normalized spacial score (nSPS) is 15.4. The first-order valence-electron chi connectivity index (χ1n) is 10.6. The van der Waals surface area contributed by atoms with Gasteiger partial charge < -0.3 is 14.4 Å². The molecule has 0 spiro atoms. The molecular formula is C23H23F3N2O4S2. The standard InChI is InChI=1S/C23H23F3N2O4S2/c1-31-21-5-3-2-4-16(21)14-17-15-33-22(27-17)28-12-10-20(11-13-28)34(29,30)19-8-6-18(7-9-19)32-23(24,25)26/h2-9,15,20H,10-14H2,1H3. The Morgan fingerprint density at radius 2 is 1.76 bits per heavy atom. The number of methoxy groups -OCH3 is 1. The zero-order valence-corrected chi connectivity index (χ0v) is 19.9. The molecule has 11 heteroatoms. The van der Waals surface area contributed by atoms with Gasteiger partial charge in [-0.15, -0.1) is 24.5 Å². The molecule has 0 N–H and O–H groups in total. The third-order valence-corrected chi connectivity index (χ3v) is 8.87. The van der Waals surface area contributed by atoms with E-state index in [1.807, 2.05) is 29.6 Å². The lowest BCUT2D eigenvalue weighted by Crippen LogP contribution is -2.39. The van der Waals surface area contributed by atoms with Crippen LogP contribution >= 0.6 is 11.3 Å². The van der Waals surface area contributed by atoms with Crippen LogP contribution in [0.1, 0.15) is 24.1 Å². The van der Waals surface area contributed by atoms with Crippen LogP contribution < -0.4 is 14.4 Å². The van der Waals surface area contributed by atoms with Crippen molar-refractivity contribution in [2.75, 3.05) is 25.1 Å². The van der Waals surface area contributed by atoms with E-state index in [0.29, 0.717) is 32.4 Å². The van der Waals surface area contributed by atoms with Gasteiger partial charge in [-0.2, -0.15) is 0 Å². The predicted octanol–water partition coefficient (Wildman–Crippen LogP) is 5.08. The average Bonchev–Trinajstić information content (AvgIpc) is 3.27. The van der Waals surface area contributed by atoms with Gasteiger partial charge in [-0.05, 0) is 43.2 Å². The third kappa shape index (κ3) is 5.64. The Kier molecular flexibility index (Phi) is 7.04. The first-order valence-corrected chi connectivity index (χ1v) is 13.0. The molecule has 0 atom stereocenters. The number of para-hydroxylation sites is 1. The fourth-order valence-corrected chi connectivity index (χ4v) is 6.56. The summed E-state index contributed by atoms with van der Waals surface area (Å²) in [6.07, 6.45) is -3.37. The molecule has 3 aromatic rings. The number of hydrogen-bond acceptors (Lipinski definition) is 7. The maximum Gasteiger partial charge on any atom is 0.573 e. The molecule has 0 aliphatic carbocycles. The van der Waals surface area contributed by atoms with Gasteiger partial charge in [0.1, 0.15) is 11.5 Å².